The summed E-state index contributed by atoms with van der Waals surface area (Å²) in [6, 6.07) is 6.06. The summed E-state index contributed by atoms with van der Waals surface area (Å²) in [5.74, 6) is 0.909. The van der Waals surface area contributed by atoms with Gasteiger partial charge in [-0.3, -0.25) is 0 Å². The standard InChI is InChI=1S/C14H22BrNO2/c1-14(2,3)16-10-11-9-12(15)5-6-13(11)18-8-7-17-4/h5-6,9,16H,7-8,10H2,1-4H3. The third-order valence-electron chi connectivity index (χ3n) is 2.38. The Hall–Kier alpha value is -0.580. The van der Waals surface area contributed by atoms with Crippen LogP contribution >= 0.6 is 15.9 Å². The van der Waals surface area contributed by atoms with Crippen LogP contribution in [-0.2, 0) is 11.3 Å². The minimum absolute atomic E-state index is 0.0894. The summed E-state index contributed by atoms with van der Waals surface area (Å²) in [6.07, 6.45) is 0. The fourth-order valence-electron chi connectivity index (χ4n) is 1.42. The third kappa shape index (κ3) is 5.85. The van der Waals surface area contributed by atoms with Gasteiger partial charge in [-0.15, -0.1) is 0 Å². The van der Waals surface area contributed by atoms with Crippen LogP contribution in [0, 0.1) is 0 Å². The largest absolute Gasteiger partial charge is 0.491 e. The first-order valence-electron chi connectivity index (χ1n) is 6.07. The van der Waals surface area contributed by atoms with E-state index in [2.05, 4.69) is 48.1 Å². The number of halogens is 1. The molecule has 0 saturated heterocycles. The van der Waals surface area contributed by atoms with Crippen molar-refractivity contribution in [3.63, 3.8) is 0 Å². The molecule has 1 aromatic carbocycles. The molecule has 0 bridgehead atoms. The molecular weight excluding hydrogens is 294 g/mol. The number of hydrogen-bond acceptors (Lipinski definition) is 3. The molecule has 0 saturated carbocycles. The fourth-order valence-corrected chi connectivity index (χ4v) is 1.83. The Morgan fingerprint density at radius 1 is 1.22 bits per heavy atom. The quantitative estimate of drug-likeness (QED) is 0.816. The zero-order chi connectivity index (χ0) is 13.6. The van der Waals surface area contributed by atoms with Gasteiger partial charge in [-0.05, 0) is 39.0 Å². The molecule has 1 N–H and O–H groups in total. The van der Waals surface area contributed by atoms with Gasteiger partial charge >= 0.3 is 0 Å². The fraction of sp³-hybridized carbons (Fsp3) is 0.571. The summed E-state index contributed by atoms with van der Waals surface area (Å²) in [4.78, 5) is 0. The van der Waals surface area contributed by atoms with Gasteiger partial charge in [0.25, 0.3) is 0 Å². The van der Waals surface area contributed by atoms with Crippen molar-refractivity contribution in [1.29, 1.82) is 0 Å². The van der Waals surface area contributed by atoms with Crippen molar-refractivity contribution in [1.82, 2.24) is 5.32 Å². The van der Waals surface area contributed by atoms with Gasteiger partial charge in [-0.1, -0.05) is 15.9 Å². The maximum absolute atomic E-state index is 5.71. The normalized spacial score (nSPS) is 11.6. The average Bonchev–Trinajstić information content (AvgIpc) is 2.28. The number of rotatable bonds is 6. The number of ether oxygens (including phenoxy) is 2. The van der Waals surface area contributed by atoms with E-state index in [4.69, 9.17) is 9.47 Å². The second-order valence-corrected chi connectivity index (χ2v) is 6.11. The molecule has 3 nitrogen and oxygen atoms in total. The van der Waals surface area contributed by atoms with Gasteiger partial charge in [0.1, 0.15) is 12.4 Å². The van der Waals surface area contributed by atoms with Gasteiger partial charge in [-0.2, -0.15) is 0 Å². The highest BCUT2D eigenvalue weighted by Crippen LogP contribution is 2.23. The van der Waals surface area contributed by atoms with Gasteiger partial charge in [0.05, 0.1) is 6.61 Å². The zero-order valence-corrected chi connectivity index (χ0v) is 13.1. The smallest absolute Gasteiger partial charge is 0.123 e. The van der Waals surface area contributed by atoms with Gasteiger partial charge < -0.3 is 14.8 Å². The van der Waals surface area contributed by atoms with Crippen molar-refractivity contribution >= 4 is 15.9 Å². The topological polar surface area (TPSA) is 30.5 Å². The van der Waals surface area contributed by atoms with Crippen molar-refractivity contribution < 1.29 is 9.47 Å². The second kappa shape index (κ2) is 7.12. The highest BCUT2D eigenvalue weighted by molar-refractivity contribution is 9.10. The van der Waals surface area contributed by atoms with Crippen molar-refractivity contribution in [2.24, 2.45) is 0 Å². The molecule has 0 aliphatic heterocycles. The molecule has 102 valence electrons. The molecule has 18 heavy (non-hydrogen) atoms. The van der Waals surface area contributed by atoms with Crippen LogP contribution in [0.5, 0.6) is 5.75 Å². The Morgan fingerprint density at radius 3 is 2.56 bits per heavy atom. The number of hydrogen-bond donors (Lipinski definition) is 1. The first-order valence-corrected chi connectivity index (χ1v) is 6.87. The van der Waals surface area contributed by atoms with Crippen LogP contribution in [0.4, 0.5) is 0 Å². The monoisotopic (exact) mass is 315 g/mol. The van der Waals surface area contributed by atoms with Crippen molar-refractivity contribution in [3.8, 4) is 5.75 Å². The highest BCUT2D eigenvalue weighted by atomic mass is 79.9. The third-order valence-corrected chi connectivity index (χ3v) is 2.87. The molecule has 0 aromatic heterocycles. The van der Waals surface area contributed by atoms with Crippen molar-refractivity contribution in [3.05, 3.63) is 28.2 Å². The van der Waals surface area contributed by atoms with Crippen LogP contribution in [0.15, 0.2) is 22.7 Å². The summed E-state index contributed by atoms with van der Waals surface area (Å²) in [5, 5.41) is 3.46. The lowest BCUT2D eigenvalue weighted by Crippen LogP contribution is -2.35. The second-order valence-electron chi connectivity index (χ2n) is 5.20. The van der Waals surface area contributed by atoms with Crippen LogP contribution in [-0.4, -0.2) is 25.9 Å². The van der Waals surface area contributed by atoms with Gasteiger partial charge in [0, 0.05) is 29.2 Å². The molecule has 4 heteroatoms. The van der Waals surface area contributed by atoms with Gasteiger partial charge in [0.15, 0.2) is 0 Å². The highest BCUT2D eigenvalue weighted by Gasteiger charge is 2.11. The lowest BCUT2D eigenvalue weighted by atomic mass is 10.1. The van der Waals surface area contributed by atoms with E-state index in [9.17, 15) is 0 Å². The molecule has 0 unspecified atom stereocenters. The van der Waals surface area contributed by atoms with E-state index < -0.39 is 0 Å². The van der Waals surface area contributed by atoms with E-state index >= 15 is 0 Å². The van der Waals surface area contributed by atoms with E-state index in [1.165, 1.54) is 0 Å². The summed E-state index contributed by atoms with van der Waals surface area (Å²) in [5.41, 5.74) is 1.24. The number of benzene rings is 1. The van der Waals surface area contributed by atoms with Crippen LogP contribution in [0.2, 0.25) is 0 Å². The Bertz CT molecular complexity index is 375. The van der Waals surface area contributed by atoms with E-state index in [-0.39, 0.29) is 5.54 Å². The molecule has 0 atom stereocenters. The van der Waals surface area contributed by atoms with Gasteiger partial charge in [0.2, 0.25) is 0 Å². The van der Waals surface area contributed by atoms with E-state index in [0.717, 1.165) is 22.3 Å². The predicted octanol–water partition coefficient (Wildman–Crippen LogP) is 3.36. The minimum Gasteiger partial charge on any atom is -0.491 e. The first kappa shape index (κ1) is 15.5. The van der Waals surface area contributed by atoms with Crippen LogP contribution in [0.25, 0.3) is 0 Å². The van der Waals surface area contributed by atoms with Crippen molar-refractivity contribution in [2.45, 2.75) is 32.9 Å². The van der Waals surface area contributed by atoms with Crippen LogP contribution in [0.3, 0.4) is 0 Å². The summed E-state index contributed by atoms with van der Waals surface area (Å²) in [7, 11) is 1.67. The molecule has 0 fully saturated rings. The average molecular weight is 316 g/mol. The molecule has 1 aromatic rings. The lowest BCUT2D eigenvalue weighted by Gasteiger charge is -2.21. The van der Waals surface area contributed by atoms with Crippen molar-refractivity contribution in [2.75, 3.05) is 20.3 Å². The molecule has 0 aliphatic rings. The molecule has 0 heterocycles. The number of nitrogens with one attached hydrogen (secondary N) is 1. The SMILES string of the molecule is COCCOc1ccc(Br)cc1CNC(C)(C)C. The first-order chi connectivity index (χ1) is 8.42. The maximum atomic E-state index is 5.71. The van der Waals surface area contributed by atoms with Crippen LogP contribution in [0.1, 0.15) is 26.3 Å². The predicted molar refractivity (Wildman–Crippen MR) is 78.1 cm³/mol. The minimum atomic E-state index is 0.0894. The van der Waals surface area contributed by atoms with Crippen LogP contribution < -0.4 is 10.1 Å². The Morgan fingerprint density at radius 2 is 1.94 bits per heavy atom. The summed E-state index contributed by atoms with van der Waals surface area (Å²) < 4.78 is 11.8. The summed E-state index contributed by atoms with van der Waals surface area (Å²) >= 11 is 3.49. The zero-order valence-electron chi connectivity index (χ0n) is 11.5. The molecule has 0 aliphatic carbocycles. The Kier molecular flexibility index (Phi) is 6.12. The number of methoxy groups -OCH3 is 1. The van der Waals surface area contributed by atoms with E-state index in [0.29, 0.717) is 13.2 Å². The van der Waals surface area contributed by atoms with Gasteiger partial charge in [-0.25, -0.2) is 0 Å². The van der Waals surface area contributed by atoms with E-state index in [1.807, 2.05) is 12.1 Å². The molecule has 1 rings (SSSR count). The molecule has 0 amide bonds. The lowest BCUT2D eigenvalue weighted by molar-refractivity contribution is 0.145. The molecule has 0 spiro atoms. The Balaban J connectivity index is 2.70. The molecular formula is C14H22BrNO2. The molecule has 0 radical (unpaired) electrons. The Labute approximate surface area is 118 Å². The summed E-state index contributed by atoms with van der Waals surface area (Å²) in [6.45, 7) is 8.40. The maximum Gasteiger partial charge on any atom is 0.123 e. The van der Waals surface area contributed by atoms with E-state index in [1.54, 1.807) is 7.11 Å².